The summed E-state index contributed by atoms with van der Waals surface area (Å²) in [7, 11) is 0. The molecule has 0 nitrogen and oxygen atoms in total. The Bertz CT molecular complexity index is 224. The van der Waals surface area contributed by atoms with Crippen LogP contribution in [-0.4, -0.2) is 4.61 Å². The van der Waals surface area contributed by atoms with E-state index in [1.54, 1.807) is 0 Å². The fourth-order valence-electron chi connectivity index (χ4n) is 0.743. The summed E-state index contributed by atoms with van der Waals surface area (Å²) in [6, 6.07) is 10.3. The van der Waals surface area contributed by atoms with E-state index in [1.165, 1.54) is 23.4 Å². The van der Waals surface area contributed by atoms with Crippen LogP contribution < -0.4 is 0 Å². The molecule has 0 spiro atoms. The molecule has 0 saturated heterocycles. The summed E-state index contributed by atoms with van der Waals surface area (Å²) in [4.78, 5) is 0. The van der Waals surface area contributed by atoms with E-state index in [0.717, 1.165) is 0 Å². The van der Waals surface area contributed by atoms with E-state index in [9.17, 15) is 0 Å². The molecular formula is C9H8Zn. The van der Waals surface area contributed by atoms with Crippen molar-refractivity contribution in [1.29, 1.82) is 0 Å². The van der Waals surface area contributed by atoms with E-state index < -0.39 is 0 Å². The Kier molecular flexibility index (Phi) is 3.25. The summed E-state index contributed by atoms with van der Waals surface area (Å²) in [5.41, 5.74) is 1.27. The minimum atomic E-state index is 1.23. The number of hydrogen-bond donors (Lipinski definition) is 0. The van der Waals surface area contributed by atoms with Gasteiger partial charge in [0.2, 0.25) is 0 Å². The monoisotopic (exact) mass is 180 g/mol. The molecule has 1 aromatic carbocycles. The molecule has 46 valence electrons. The first-order valence-electron chi connectivity index (χ1n) is 3.27. The van der Waals surface area contributed by atoms with Gasteiger partial charge in [-0.25, -0.2) is 0 Å². The van der Waals surface area contributed by atoms with Crippen LogP contribution >= 0.6 is 0 Å². The summed E-state index contributed by atoms with van der Waals surface area (Å²) in [6.07, 6.45) is 4.21. The Morgan fingerprint density at radius 2 is 1.80 bits per heavy atom. The second-order valence-electron chi connectivity index (χ2n) is 2.01. The minimum absolute atomic E-state index is 1.23. The third-order valence-corrected chi connectivity index (χ3v) is 1.80. The van der Waals surface area contributed by atoms with Crippen LogP contribution in [0.5, 0.6) is 0 Å². The van der Waals surface area contributed by atoms with Gasteiger partial charge in [-0.05, 0) is 0 Å². The molecule has 0 heterocycles. The molecule has 0 aliphatic heterocycles. The molecular weight excluding hydrogens is 173 g/mol. The van der Waals surface area contributed by atoms with Crippen molar-refractivity contribution in [3.05, 3.63) is 42.0 Å². The zero-order chi connectivity index (χ0) is 7.23. The molecule has 0 saturated carbocycles. The number of rotatable bonds is 2. The van der Waals surface area contributed by atoms with E-state index >= 15 is 0 Å². The average Bonchev–Trinajstić information content (AvgIpc) is 2.03. The molecule has 1 rings (SSSR count). The van der Waals surface area contributed by atoms with Gasteiger partial charge >= 0.3 is 70.5 Å². The van der Waals surface area contributed by atoms with Crippen LogP contribution in [0.3, 0.4) is 0 Å². The molecule has 1 heteroatoms. The van der Waals surface area contributed by atoms with Crippen LogP contribution in [0.2, 0.25) is 0 Å². The van der Waals surface area contributed by atoms with E-state index in [4.69, 9.17) is 0 Å². The molecule has 0 aliphatic carbocycles. The predicted octanol–water partition coefficient (Wildman–Crippen LogP) is 2.05. The molecule has 1 aromatic rings. The Morgan fingerprint density at radius 3 is 2.40 bits per heavy atom. The third-order valence-electron chi connectivity index (χ3n) is 1.22. The first kappa shape index (κ1) is 7.56. The van der Waals surface area contributed by atoms with E-state index in [-0.39, 0.29) is 0 Å². The number of allylic oxidation sites excluding steroid dienone is 1. The average molecular weight is 182 g/mol. The molecule has 0 N–H and O–H groups in total. The summed E-state index contributed by atoms with van der Waals surface area (Å²) in [6.45, 7) is 0. The van der Waals surface area contributed by atoms with Crippen LogP contribution in [0.25, 0.3) is 6.08 Å². The van der Waals surface area contributed by atoms with Gasteiger partial charge in [0.15, 0.2) is 0 Å². The van der Waals surface area contributed by atoms with Crippen molar-refractivity contribution in [2.45, 2.75) is 0 Å². The van der Waals surface area contributed by atoms with Crippen LogP contribution in [0.1, 0.15) is 5.56 Å². The molecule has 0 aromatic heterocycles. The van der Waals surface area contributed by atoms with E-state index in [2.05, 4.69) is 28.9 Å². The van der Waals surface area contributed by atoms with Crippen molar-refractivity contribution in [2.75, 3.05) is 0 Å². The zero-order valence-electron chi connectivity index (χ0n) is 5.83. The van der Waals surface area contributed by atoms with Crippen LogP contribution in [0.4, 0.5) is 0 Å². The third kappa shape index (κ3) is 2.37. The van der Waals surface area contributed by atoms with Gasteiger partial charge in [0.25, 0.3) is 0 Å². The van der Waals surface area contributed by atoms with Gasteiger partial charge in [-0.15, -0.1) is 0 Å². The number of hydrogen-bond acceptors (Lipinski definition) is 0. The predicted molar refractivity (Wildman–Crippen MR) is 41.5 cm³/mol. The van der Waals surface area contributed by atoms with Crippen molar-refractivity contribution >= 4 is 10.7 Å². The summed E-state index contributed by atoms with van der Waals surface area (Å²) in [5.74, 6) is 0. The number of benzene rings is 1. The SMILES string of the molecule is [Zn]=[CH]/C=C\c1ccccc1. The summed E-state index contributed by atoms with van der Waals surface area (Å²) < 4.78 is 2.15. The normalized spacial score (nSPS) is 10.2. The Balaban J connectivity index is 2.76. The van der Waals surface area contributed by atoms with Crippen LogP contribution in [0, 0.1) is 0 Å². The second-order valence-corrected chi connectivity index (χ2v) is 2.99. The van der Waals surface area contributed by atoms with Gasteiger partial charge in [0.1, 0.15) is 0 Å². The quantitative estimate of drug-likeness (QED) is 0.613. The van der Waals surface area contributed by atoms with Crippen molar-refractivity contribution in [3.63, 3.8) is 0 Å². The van der Waals surface area contributed by atoms with Gasteiger partial charge in [-0.1, -0.05) is 0 Å². The van der Waals surface area contributed by atoms with Crippen molar-refractivity contribution < 1.29 is 17.9 Å². The Morgan fingerprint density at radius 1 is 1.10 bits per heavy atom. The second kappa shape index (κ2) is 4.30. The fraction of sp³-hybridized carbons (Fsp3) is 0. The molecule has 10 heavy (non-hydrogen) atoms. The van der Waals surface area contributed by atoms with Crippen molar-refractivity contribution in [3.8, 4) is 0 Å². The molecule has 0 atom stereocenters. The summed E-state index contributed by atoms with van der Waals surface area (Å²) in [5, 5.41) is 0. The molecule has 0 aliphatic rings. The van der Waals surface area contributed by atoms with Crippen LogP contribution in [-0.2, 0) is 17.9 Å². The Labute approximate surface area is 70.8 Å². The van der Waals surface area contributed by atoms with Gasteiger partial charge in [0.05, 0.1) is 0 Å². The van der Waals surface area contributed by atoms with Gasteiger partial charge in [-0.2, -0.15) is 0 Å². The van der Waals surface area contributed by atoms with Gasteiger partial charge in [-0.3, -0.25) is 0 Å². The van der Waals surface area contributed by atoms with E-state index in [0.29, 0.717) is 0 Å². The topological polar surface area (TPSA) is 0 Å². The van der Waals surface area contributed by atoms with Crippen LogP contribution in [0.15, 0.2) is 36.4 Å². The molecule has 0 radical (unpaired) electrons. The molecule has 0 amide bonds. The maximum atomic E-state index is 2.15. The molecule has 0 bridgehead atoms. The standard InChI is InChI=1S/C9H8.Zn/c1-2-6-9-7-4-3-5-8-9;/h1-8H;/b6-2-;. The van der Waals surface area contributed by atoms with Gasteiger partial charge in [0, 0.05) is 0 Å². The first-order valence-corrected chi connectivity index (χ1v) is 4.99. The van der Waals surface area contributed by atoms with Gasteiger partial charge < -0.3 is 0 Å². The zero-order valence-corrected chi connectivity index (χ0v) is 8.79. The van der Waals surface area contributed by atoms with Crippen molar-refractivity contribution in [2.24, 2.45) is 0 Å². The van der Waals surface area contributed by atoms with E-state index in [1.807, 2.05) is 18.2 Å². The van der Waals surface area contributed by atoms with Crippen molar-refractivity contribution in [1.82, 2.24) is 0 Å². The maximum absolute atomic E-state index is 2.15. The first-order chi connectivity index (χ1) is 4.93. The summed E-state index contributed by atoms with van der Waals surface area (Å²) >= 11 is 1.23. The molecule has 0 unspecified atom stereocenters. The molecule has 0 fully saturated rings. The Hall–Kier alpha value is -0.547. The fourth-order valence-corrected chi connectivity index (χ4v) is 1.03.